The third-order valence-corrected chi connectivity index (χ3v) is 6.49. The van der Waals surface area contributed by atoms with Crippen molar-refractivity contribution in [1.82, 2.24) is 0 Å². The van der Waals surface area contributed by atoms with Gasteiger partial charge in [0.2, 0.25) is 0 Å². The zero-order chi connectivity index (χ0) is 15.6. The lowest BCUT2D eigenvalue weighted by atomic mass is 9.75. The van der Waals surface area contributed by atoms with Crippen molar-refractivity contribution in [3.63, 3.8) is 0 Å². The molecule has 22 heavy (non-hydrogen) atoms. The average Bonchev–Trinajstić information content (AvgIpc) is 2.58. The monoisotopic (exact) mass is 308 g/mol. The van der Waals surface area contributed by atoms with Crippen molar-refractivity contribution in [1.29, 1.82) is 0 Å². The number of unbranched alkanes of at least 4 members (excludes halogenated alkanes) is 1. The second-order valence-corrected chi connectivity index (χ2v) is 8.19. The van der Waals surface area contributed by atoms with Crippen molar-refractivity contribution >= 4 is 0 Å². The quantitative estimate of drug-likeness (QED) is 0.436. The van der Waals surface area contributed by atoms with Crippen LogP contribution in [0.4, 0.5) is 0 Å². The van der Waals surface area contributed by atoms with Gasteiger partial charge in [0.1, 0.15) is 0 Å². The Bertz CT molecular complexity index is 259. The minimum Gasteiger partial charge on any atom is -0.381 e. The minimum atomic E-state index is 0.869. The van der Waals surface area contributed by atoms with E-state index in [1.807, 2.05) is 0 Å². The molecule has 0 radical (unpaired) electrons. The molecule has 0 N–H and O–H groups in total. The summed E-state index contributed by atoms with van der Waals surface area (Å²) in [6.45, 7) is 6.63. The molecule has 2 saturated carbocycles. The molecule has 2 aliphatic carbocycles. The molecule has 2 rings (SSSR count). The molecule has 0 amide bonds. The van der Waals surface area contributed by atoms with Crippen LogP contribution in [0.15, 0.2) is 0 Å². The summed E-state index contributed by atoms with van der Waals surface area (Å²) >= 11 is 0. The molecule has 0 bridgehead atoms. The molecule has 0 saturated heterocycles. The molecule has 2 fully saturated rings. The van der Waals surface area contributed by atoms with E-state index in [0.717, 1.165) is 36.9 Å². The van der Waals surface area contributed by atoms with Gasteiger partial charge in [0.15, 0.2) is 0 Å². The number of hydrogen-bond acceptors (Lipinski definition) is 1. The molecule has 0 unspecified atom stereocenters. The van der Waals surface area contributed by atoms with Gasteiger partial charge in [-0.2, -0.15) is 0 Å². The molecule has 0 heterocycles. The second kappa shape index (κ2) is 10.7. The Morgan fingerprint density at radius 1 is 0.682 bits per heavy atom. The summed E-state index contributed by atoms with van der Waals surface area (Å²) in [4.78, 5) is 0. The van der Waals surface area contributed by atoms with E-state index < -0.39 is 0 Å². The molecule has 1 heteroatoms. The molecule has 1 nitrogen and oxygen atoms in total. The highest BCUT2D eigenvalue weighted by atomic mass is 16.5. The van der Waals surface area contributed by atoms with Gasteiger partial charge in [0.25, 0.3) is 0 Å². The Morgan fingerprint density at radius 3 is 1.68 bits per heavy atom. The first kappa shape index (κ1) is 18.3. The van der Waals surface area contributed by atoms with Gasteiger partial charge in [-0.1, -0.05) is 78.1 Å². The molecule has 0 aliphatic heterocycles. The summed E-state index contributed by atoms with van der Waals surface area (Å²) < 4.78 is 5.82. The SMILES string of the molecule is CCCCOC[C@H]1CC[C@H](CC[C@H]2CC[C@H](CC)CC2)CC1. The van der Waals surface area contributed by atoms with Crippen LogP contribution in [-0.2, 0) is 4.74 Å². The topological polar surface area (TPSA) is 9.23 Å². The fourth-order valence-corrected chi connectivity index (χ4v) is 4.58. The van der Waals surface area contributed by atoms with Crippen LogP contribution < -0.4 is 0 Å². The Hall–Kier alpha value is -0.0400. The summed E-state index contributed by atoms with van der Waals surface area (Å²) in [6, 6.07) is 0. The van der Waals surface area contributed by atoms with Gasteiger partial charge in [-0.25, -0.2) is 0 Å². The molecule has 0 atom stereocenters. The highest BCUT2D eigenvalue weighted by molar-refractivity contribution is 4.76. The fourth-order valence-electron chi connectivity index (χ4n) is 4.58. The van der Waals surface area contributed by atoms with E-state index in [1.54, 1.807) is 0 Å². The highest BCUT2D eigenvalue weighted by Gasteiger charge is 2.24. The zero-order valence-corrected chi connectivity index (χ0v) is 15.3. The lowest BCUT2D eigenvalue weighted by molar-refractivity contribution is 0.0742. The largest absolute Gasteiger partial charge is 0.381 e. The van der Waals surface area contributed by atoms with Crippen LogP contribution in [-0.4, -0.2) is 13.2 Å². The van der Waals surface area contributed by atoms with E-state index >= 15 is 0 Å². The van der Waals surface area contributed by atoms with Crippen molar-refractivity contribution in [2.24, 2.45) is 23.7 Å². The standard InChI is InChI=1S/C21H40O/c1-3-5-16-22-17-21-14-12-20(13-15-21)11-10-19-8-6-18(4-2)7-9-19/h18-21H,3-17H2,1-2H3/t18-,19-,20-,21-. The predicted octanol–water partition coefficient (Wildman–Crippen LogP) is 6.61. The van der Waals surface area contributed by atoms with Gasteiger partial charge in [0, 0.05) is 13.2 Å². The van der Waals surface area contributed by atoms with Gasteiger partial charge in [-0.15, -0.1) is 0 Å². The zero-order valence-electron chi connectivity index (χ0n) is 15.3. The first-order chi connectivity index (χ1) is 10.8. The number of hydrogen-bond donors (Lipinski definition) is 0. The summed E-state index contributed by atoms with van der Waals surface area (Å²) in [5.41, 5.74) is 0. The van der Waals surface area contributed by atoms with Gasteiger partial charge in [-0.3, -0.25) is 0 Å². The van der Waals surface area contributed by atoms with E-state index in [-0.39, 0.29) is 0 Å². The lowest BCUT2D eigenvalue weighted by Gasteiger charge is -2.31. The van der Waals surface area contributed by atoms with Gasteiger partial charge in [-0.05, 0) is 42.9 Å². The van der Waals surface area contributed by atoms with Gasteiger partial charge in [0.05, 0.1) is 0 Å². The van der Waals surface area contributed by atoms with E-state index in [9.17, 15) is 0 Å². The van der Waals surface area contributed by atoms with Crippen molar-refractivity contribution in [3.05, 3.63) is 0 Å². The predicted molar refractivity (Wildman–Crippen MR) is 96.1 cm³/mol. The minimum absolute atomic E-state index is 0.869. The van der Waals surface area contributed by atoms with Crippen LogP contribution in [0, 0.1) is 23.7 Å². The molecule has 0 aromatic carbocycles. The van der Waals surface area contributed by atoms with Crippen LogP contribution in [0.5, 0.6) is 0 Å². The number of rotatable bonds is 9. The Labute approximate surface area is 139 Å². The van der Waals surface area contributed by atoms with Gasteiger partial charge < -0.3 is 4.74 Å². The summed E-state index contributed by atoms with van der Waals surface area (Å²) in [5, 5.41) is 0. The maximum Gasteiger partial charge on any atom is 0.0494 e. The third kappa shape index (κ3) is 6.60. The number of ether oxygens (including phenoxy) is 1. The van der Waals surface area contributed by atoms with Crippen LogP contribution in [0.2, 0.25) is 0 Å². The van der Waals surface area contributed by atoms with Crippen molar-refractivity contribution in [2.45, 2.75) is 97.3 Å². The Kier molecular flexibility index (Phi) is 8.89. The van der Waals surface area contributed by atoms with E-state index in [2.05, 4.69) is 13.8 Å². The molecule has 0 aromatic heterocycles. The summed E-state index contributed by atoms with van der Waals surface area (Å²) in [5.74, 6) is 4.03. The molecular formula is C21H40O. The average molecular weight is 309 g/mol. The van der Waals surface area contributed by atoms with Crippen molar-refractivity contribution in [2.75, 3.05) is 13.2 Å². The van der Waals surface area contributed by atoms with E-state index in [1.165, 1.54) is 83.5 Å². The summed E-state index contributed by atoms with van der Waals surface area (Å²) in [7, 11) is 0. The molecule has 2 aliphatic rings. The fraction of sp³-hybridized carbons (Fsp3) is 1.00. The molecular weight excluding hydrogens is 268 g/mol. The van der Waals surface area contributed by atoms with E-state index in [4.69, 9.17) is 4.74 Å². The first-order valence-corrected chi connectivity index (χ1v) is 10.4. The van der Waals surface area contributed by atoms with Crippen molar-refractivity contribution in [3.8, 4) is 0 Å². The van der Waals surface area contributed by atoms with Crippen LogP contribution in [0.1, 0.15) is 97.3 Å². The Morgan fingerprint density at radius 2 is 1.18 bits per heavy atom. The van der Waals surface area contributed by atoms with E-state index in [0.29, 0.717) is 0 Å². The highest BCUT2D eigenvalue weighted by Crippen LogP contribution is 2.37. The first-order valence-electron chi connectivity index (χ1n) is 10.4. The maximum atomic E-state index is 5.82. The lowest BCUT2D eigenvalue weighted by Crippen LogP contribution is -2.20. The van der Waals surface area contributed by atoms with Gasteiger partial charge >= 0.3 is 0 Å². The van der Waals surface area contributed by atoms with Crippen LogP contribution in [0.3, 0.4) is 0 Å². The van der Waals surface area contributed by atoms with Crippen LogP contribution in [0.25, 0.3) is 0 Å². The van der Waals surface area contributed by atoms with Crippen molar-refractivity contribution < 1.29 is 4.74 Å². The molecule has 130 valence electrons. The molecule has 0 spiro atoms. The molecule has 0 aromatic rings. The smallest absolute Gasteiger partial charge is 0.0494 e. The van der Waals surface area contributed by atoms with Crippen LogP contribution >= 0.6 is 0 Å². The second-order valence-electron chi connectivity index (χ2n) is 8.19. The Balaban J connectivity index is 1.50. The summed E-state index contributed by atoms with van der Waals surface area (Å²) in [6.07, 6.45) is 18.9. The normalized spacial score (nSPS) is 33.0. The third-order valence-electron chi connectivity index (χ3n) is 6.49. The maximum absolute atomic E-state index is 5.82.